The molecule has 2 N–H and O–H groups in total. The van der Waals surface area contributed by atoms with Gasteiger partial charge in [-0.15, -0.1) is 0 Å². The van der Waals surface area contributed by atoms with Crippen molar-refractivity contribution in [2.45, 2.75) is 10.3 Å². The highest BCUT2D eigenvalue weighted by Crippen LogP contribution is 2.29. The molecule has 1 aromatic heterocycles. The fourth-order valence-corrected chi connectivity index (χ4v) is 2.09. The summed E-state index contributed by atoms with van der Waals surface area (Å²) < 4.78 is 5.01. The van der Waals surface area contributed by atoms with Crippen LogP contribution in [0.15, 0.2) is 17.2 Å². The molecule has 1 aromatic rings. The molecule has 2 rings (SSSR count). The van der Waals surface area contributed by atoms with E-state index in [9.17, 15) is 10.1 Å². The lowest BCUT2D eigenvalue weighted by Gasteiger charge is -2.24. The largest absolute Gasteiger partial charge is 0.379 e. The normalized spacial score (nSPS) is 16.0. The second-order valence-electron chi connectivity index (χ2n) is 3.09. The van der Waals surface area contributed by atoms with Crippen LogP contribution in [0.1, 0.15) is 0 Å². The van der Waals surface area contributed by atoms with Crippen molar-refractivity contribution in [2.24, 2.45) is 0 Å². The minimum Gasteiger partial charge on any atom is -0.379 e. The van der Waals surface area contributed by atoms with Crippen molar-refractivity contribution in [3.8, 4) is 0 Å². The van der Waals surface area contributed by atoms with Crippen molar-refractivity contribution in [3.05, 3.63) is 22.2 Å². The number of ether oxygens (including phenoxy) is 1. The lowest BCUT2D eigenvalue weighted by Crippen LogP contribution is -2.30. The third-order valence-corrected chi connectivity index (χ3v) is 3.04. The quantitative estimate of drug-likeness (QED) is 0.613. The van der Waals surface area contributed by atoms with Gasteiger partial charge in [-0.3, -0.25) is 10.1 Å². The number of thioether (sulfide) groups is 1. The van der Waals surface area contributed by atoms with E-state index >= 15 is 0 Å². The summed E-state index contributed by atoms with van der Waals surface area (Å²) in [6, 6.07) is 2.99. The van der Waals surface area contributed by atoms with Crippen molar-refractivity contribution < 1.29 is 9.66 Å². The maximum absolute atomic E-state index is 10.5. The van der Waals surface area contributed by atoms with E-state index in [-0.39, 0.29) is 11.5 Å². The van der Waals surface area contributed by atoms with Gasteiger partial charge in [0.15, 0.2) is 0 Å². The summed E-state index contributed by atoms with van der Waals surface area (Å²) >= 11 is 1.53. The smallest absolute Gasteiger partial charge is 0.311 e. The molecular weight excluding hydrogens is 218 g/mol. The molecule has 0 radical (unpaired) electrons. The molecule has 0 aromatic carbocycles. The first-order valence-electron chi connectivity index (χ1n) is 4.32. The van der Waals surface area contributed by atoms with E-state index in [4.69, 9.17) is 10.5 Å². The molecule has 0 unspecified atom stereocenters. The molecule has 0 aliphatic carbocycles. The van der Waals surface area contributed by atoms with E-state index in [0.717, 1.165) is 0 Å². The monoisotopic (exact) mass is 227 g/mol. The molecule has 0 saturated carbocycles. The van der Waals surface area contributed by atoms with E-state index in [1.54, 1.807) is 6.07 Å². The first-order chi connectivity index (χ1) is 7.16. The first kappa shape index (κ1) is 10.2. The highest BCUT2D eigenvalue weighted by Gasteiger charge is 2.21. The molecule has 1 aliphatic rings. The van der Waals surface area contributed by atoms with Crippen LogP contribution in [-0.4, -0.2) is 28.4 Å². The van der Waals surface area contributed by atoms with Crippen molar-refractivity contribution in [1.82, 2.24) is 4.98 Å². The number of anilines is 1. The number of hydrogen-bond acceptors (Lipinski definition) is 6. The van der Waals surface area contributed by atoms with E-state index in [1.807, 2.05) is 0 Å². The van der Waals surface area contributed by atoms with Gasteiger partial charge in [-0.1, -0.05) is 11.8 Å². The van der Waals surface area contributed by atoms with Crippen LogP contribution in [0.3, 0.4) is 0 Å². The van der Waals surface area contributed by atoms with Crippen LogP contribution in [0, 0.1) is 10.1 Å². The standard InChI is InChI=1S/C8H9N3O3S/c9-8-6(11(12)13)1-2-7(10-8)15-5-3-14-4-5/h1-2,5H,3-4H2,(H2,9,10). The second kappa shape index (κ2) is 4.03. The maximum Gasteiger partial charge on any atom is 0.311 e. The summed E-state index contributed by atoms with van der Waals surface area (Å²) in [5, 5.41) is 11.6. The van der Waals surface area contributed by atoms with E-state index in [2.05, 4.69) is 4.98 Å². The summed E-state index contributed by atoms with van der Waals surface area (Å²) in [4.78, 5) is 13.9. The Morgan fingerprint density at radius 3 is 2.80 bits per heavy atom. The Balaban J connectivity index is 2.13. The van der Waals surface area contributed by atoms with Gasteiger partial charge in [0, 0.05) is 6.07 Å². The highest BCUT2D eigenvalue weighted by molar-refractivity contribution is 8.00. The Bertz CT molecular complexity index is 395. The Morgan fingerprint density at radius 1 is 1.60 bits per heavy atom. The molecule has 1 saturated heterocycles. The van der Waals surface area contributed by atoms with Crippen molar-refractivity contribution in [2.75, 3.05) is 18.9 Å². The van der Waals surface area contributed by atoms with Crippen LogP contribution in [-0.2, 0) is 4.74 Å². The molecule has 1 aliphatic heterocycles. The number of pyridine rings is 1. The van der Waals surface area contributed by atoms with Crippen LogP contribution in [0.2, 0.25) is 0 Å². The van der Waals surface area contributed by atoms with Crippen molar-refractivity contribution >= 4 is 23.3 Å². The number of nitrogens with zero attached hydrogens (tertiary/aromatic N) is 2. The third kappa shape index (κ3) is 2.18. The zero-order chi connectivity index (χ0) is 10.8. The average Bonchev–Trinajstić information content (AvgIpc) is 2.11. The zero-order valence-electron chi connectivity index (χ0n) is 7.75. The minimum absolute atomic E-state index is 0.0368. The number of nitrogens with two attached hydrogens (primary N) is 1. The summed E-state index contributed by atoms with van der Waals surface area (Å²) in [5.41, 5.74) is 5.31. The molecule has 7 heteroatoms. The topological polar surface area (TPSA) is 91.3 Å². The number of nitro groups is 1. The highest BCUT2D eigenvalue weighted by atomic mass is 32.2. The Hall–Kier alpha value is -1.34. The van der Waals surface area contributed by atoms with Gasteiger partial charge in [-0.25, -0.2) is 4.98 Å². The van der Waals surface area contributed by atoms with Gasteiger partial charge in [0.25, 0.3) is 0 Å². The van der Waals surface area contributed by atoms with Gasteiger partial charge in [-0.2, -0.15) is 0 Å². The zero-order valence-corrected chi connectivity index (χ0v) is 8.57. The van der Waals surface area contributed by atoms with Gasteiger partial charge >= 0.3 is 5.69 Å². The van der Waals surface area contributed by atoms with Crippen molar-refractivity contribution in [1.29, 1.82) is 0 Å². The second-order valence-corrected chi connectivity index (χ2v) is 4.41. The SMILES string of the molecule is Nc1nc(SC2COC2)ccc1[N+](=O)[O-]. The third-order valence-electron chi connectivity index (χ3n) is 1.97. The average molecular weight is 227 g/mol. The number of hydrogen-bond donors (Lipinski definition) is 1. The fourth-order valence-electron chi connectivity index (χ4n) is 1.12. The maximum atomic E-state index is 10.5. The summed E-state index contributed by atoms with van der Waals surface area (Å²) in [6.07, 6.45) is 0. The first-order valence-corrected chi connectivity index (χ1v) is 5.20. The molecule has 2 heterocycles. The summed E-state index contributed by atoms with van der Waals surface area (Å²) in [6.45, 7) is 1.40. The minimum atomic E-state index is -0.538. The van der Waals surface area contributed by atoms with Crippen molar-refractivity contribution in [3.63, 3.8) is 0 Å². The van der Waals surface area contributed by atoms with E-state index in [0.29, 0.717) is 23.5 Å². The molecule has 0 bridgehead atoms. The molecule has 80 valence electrons. The van der Waals surface area contributed by atoms with E-state index < -0.39 is 4.92 Å². The Morgan fingerprint density at radius 2 is 2.33 bits per heavy atom. The predicted molar refractivity (Wildman–Crippen MR) is 55.8 cm³/mol. The van der Waals surface area contributed by atoms with Crippen LogP contribution in [0.4, 0.5) is 11.5 Å². The van der Waals surface area contributed by atoms with Gasteiger partial charge in [-0.05, 0) is 6.07 Å². The molecule has 1 fully saturated rings. The Labute approximate surface area is 90.0 Å². The van der Waals surface area contributed by atoms with Crippen LogP contribution in [0.25, 0.3) is 0 Å². The molecule has 0 amide bonds. The van der Waals surface area contributed by atoms with Gasteiger partial charge in [0.1, 0.15) is 0 Å². The number of aromatic nitrogens is 1. The van der Waals surface area contributed by atoms with E-state index in [1.165, 1.54) is 17.8 Å². The summed E-state index contributed by atoms with van der Waals surface area (Å²) in [5.74, 6) is -0.0368. The van der Waals surface area contributed by atoms with Crippen LogP contribution < -0.4 is 5.73 Å². The molecule has 0 spiro atoms. The number of rotatable bonds is 3. The molecule has 0 atom stereocenters. The fraction of sp³-hybridized carbons (Fsp3) is 0.375. The molecule has 15 heavy (non-hydrogen) atoms. The lowest BCUT2D eigenvalue weighted by molar-refractivity contribution is -0.384. The Kier molecular flexibility index (Phi) is 2.74. The lowest BCUT2D eigenvalue weighted by atomic mass is 10.4. The predicted octanol–water partition coefficient (Wildman–Crippen LogP) is 1.06. The molecule has 6 nitrogen and oxygen atoms in total. The van der Waals surface area contributed by atoms with Gasteiger partial charge in [0.05, 0.1) is 28.4 Å². The van der Waals surface area contributed by atoms with Gasteiger partial charge in [0.2, 0.25) is 5.82 Å². The van der Waals surface area contributed by atoms with Crippen LogP contribution >= 0.6 is 11.8 Å². The van der Waals surface area contributed by atoms with Crippen LogP contribution in [0.5, 0.6) is 0 Å². The van der Waals surface area contributed by atoms with Gasteiger partial charge < -0.3 is 10.5 Å². The number of nitrogen functional groups attached to an aromatic ring is 1. The molecular formula is C8H9N3O3S. The summed E-state index contributed by atoms with van der Waals surface area (Å²) in [7, 11) is 0.